The van der Waals surface area contributed by atoms with Crippen molar-refractivity contribution in [1.82, 2.24) is 0 Å². The van der Waals surface area contributed by atoms with Gasteiger partial charge in [0, 0.05) is 0 Å². The third-order valence-corrected chi connectivity index (χ3v) is 3.36. The van der Waals surface area contributed by atoms with Crippen LogP contribution in [0, 0.1) is 5.92 Å². The zero-order valence-corrected chi connectivity index (χ0v) is 12.5. The largest absolute Gasteiger partial charge is 0.393 e. The van der Waals surface area contributed by atoms with Gasteiger partial charge in [0.2, 0.25) is 0 Å². The van der Waals surface area contributed by atoms with Crippen LogP contribution >= 0.6 is 0 Å². The van der Waals surface area contributed by atoms with Crippen LogP contribution in [0.2, 0.25) is 0 Å². The Morgan fingerprint density at radius 2 is 1.68 bits per heavy atom. The molecular formula is C16H26F2O. The van der Waals surface area contributed by atoms with E-state index in [0.29, 0.717) is 36.8 Å². The molecule has 2 atom stereocenters. The average Bonchev–Trinajstić information content (AvgIpc) is 2.41. The third-order valence-electron chi connectivity index (χ3n) is 3.36. The van der Waals surface area contributed by atoms with Gasteiger partial charge in [0.25, 0.3) is 0 Å². The lowest BCUT2D eigenvalue weighted by atomic mass is 9.89. The van der Waals surface area contributed by atoms with E-state index in [-0.39, 0.29) is 12.0 Å². The van der Waals surface area contributed by atoms with E-state index in [4.69, 9.17) is 0 Å². The molecule has 0 fully saturated rings. The van der Waals surface area contributed by atoms with Crippen LogP contribution in [-0.2, 0) is 0 Å². The molecule has 0 aliphatic rings. The maximum absolute atomic E-state index is 14.1. The summed E-state index contributed by atoms with van der Waals surface area (Å²) < 4.78 is 27.7. The number of rotatable bonds is 8. The highest BCUT2D eigenvalue weighted by Gasteiger charge is 2.19. The Balaban J connectivity index is 5.13. The highest BCUT2D eigenvalue weighted by molar-refractivity contribution is 5.34. The van der Waals surface area contributed by atoms with E-state index in [1.54, 1.807) is 0 Å². The average molecular weight is 272 g/mol. The molecule has 0 aromatic carbocycles. The SMILES string of the molecule is C=C/C(=C(/F)C(F)=C(C)C)C(CC)CCC(O)CC. The minimum absolute atomic E-state index is 0.108. The molecule has 0 aromatic heterocycles. The number of halogens is 2. The molecule has 0 saturated heterocycles. The van der Waals surface area contributed by atoms with Crippen LogP contribution in [0.15, 0.2) is 35.5 Å². The van der Waals surface area contributed by atoms with Crippen LogP contribution in [0.4, 0.5) is 8.78 Å². The van der Waals surface area contributed by atoms with E-state index in [2.05, 4.69) is 6.58 Å². The van der Waals surface area contributed by atoms with E-state index < -0.39 is 11.7 Å². The second kappa shape index (κ2) is 9.03. The Labute approximate surface area is 115 Å². The second-order valence-corrected chi connectivity index (χ2v) is 5.03. The van der Waals surface area contributed by atoms with Crippen LogP contribution in [0.5, 0.6) is 0 Å². The van der Waals surface area contributed by atoms with Crippen molar-refractivity contribution in [3.63, 3.8) is 0 Å². The second-order valence-electron chi connectivity index (χ2n) is 5.03. The zero-order chi connectivity index (χ0) is 15.0. The quantitative estimate of drug-likeness (QED) is 0.599. The van der Waals surface area contributed by atoms with Gasteiger partial charge in [0.15, 0.2) is 11.7 Å². The van der Waals surface area contributed by atoms with Crippen LogP contribution in [-0.4, -0.2) is 11.2 Å². The fourth-order valence-electron chi connectivity index (χ4n) is 1.96. The first-order valence-corrected chi connectivity index (χ1v) is 6.92. The minimum Gasteiger partial charge on any atom is -0.393 e. The summed E-state index contributed by atoms with van der Waals surface area (Å²) in [5.41, 5.74) is 0.629. The summed E-state index contributed by atoms with van der Waals surface area (Å²) >= 11 is 0. The van der Waals surface area contributed by atoms with Crippen molar-refractivity contribution in [3.8, 4) is 0 Å². The van der Waals surface area contributed by atoms with Crippen molar-refractivity contribution < 1.29 is 13.9 Å². The van der Waals surface area contributed by atoms with Crippen molar-refractivity contribution >= 4 is 0 Å². The predicted octanol–water partition coefficient (Wildman–Crippen LogP) is 5.24. The van der Waals surface area contributed by atoms with E-state index in [1.165, 1.54) is 19.9 Å². The Hall–Kier alpha value is -0.960. The van der Waals surface area contributed by atoms with Gasteiger partial charge in [0.1, 0.15) is 0 Å². The smallest absolute Gasteiger partial charge is 0.162 e. The van der Waals surface area contributed by atoms with E-state index in [0.717, 1.165) is 0 Å². The fourth-order valence-corrected chi connectivity index (χ4v) is 1.96. The van der Waals surface area contributed by atoms with Gasteiger partial charge in [-0.15, -0.1) is 0 Å². The number of hydrogen-bond donors (Lipinski definition) is 1. The first-order valence-electron chi connectivity index (χ1n) is 6.92. The summed E-state index contributed by atoms with van der Waals surface area (Å²) in [7, 11) is 0. The Morgan fingerprint density at radius 1 is 1.11 bits per heavy atom. The van der Waals surface area contributed by atoms with Crippen LogP contribution in [0.3, 0.4) is 0 Å². The number of aliphatic hydroxyl groups excluding tert-OH is 1. The summed E-state index contributed by atoms with van der Waals surface area (Å²) in [6.45, 7) is 10.5. The molecule has 0 rings (SSSR count). The van der Waals surface area contributed by atoms with Gasteiger partial charge in [-0.1, -0.05) is 26.5 Å². The molecular weight excluding hydrogens is 246 g/mol. The summed E-state index contributed by atoms with van der Waals surface area (Å²) in [6, 6.07) is 0. The molecule has 2 unspecified atom stereocenters. The lowest BCUT2D eigenvalue weighted by molar-refractivity contribution is 0.152. The molecule has 110 valence electrons. The lowest BCUT2D eigenvalue weighted by Gasteiger charge is -2.19. The standard InChI is InChI=1S/C16H26F2O/c1-6-12(9-10-13(19)7-2)14(8-3)16(18)15(17)11(4)5/h8,12-13,19H,3,6-7,9-10H2,1-2,4-5H3/b16-14-. The molecule has 1 nitrogen and oxygen atoms in total. The van der Waals surface area contributed by atoms with Gasteiger partial charge < -0.3 is 5.11 Å². The Kier molecular flexibility index (Phi) is 8.57. The van der Waals surface area contributed by atoms with Crippen molar-refractivity contribution in [2.75, 3.05) is 0 Å². The summed E-state index contributed by atoms with van der Waals surface area (Å²) in [5, 5.41) is 9.57. The van der Waals surface area contributed by atoms with E-state index >= 15 is 0 Å². The van der Waals surface area contributed by atoms with Crippen LogP contribution in [0.1, 0.15) is 53.4 Å². The Bertz CT molecular complexity index is 352. The van der Waals surface area contributed by atoms with Gasteiger partial charge in [-0.2, -0.15) is 0 Å². The first-order chi connectivity index (χ1) is 8.88. The van der Waals surface area contributed by atoms with E-state index in [9.17, 15) is 13.9 Å². The lowest BCUT2D eigenvalue weighted by Crippen LogP contribution is -2.10. The van der Waals surface area contributed by atoms with Crippen molar-refractivity contribution in [3.05, 3.63) is 35.5 Å². The van der Waals surface area contributed by atoms with Crippen LogP contribution in [0.25, 0.3) is 0 Å². The summed E-state index contributed by atoms with van der Waals surface area (Å²) in [5.74, 6) is -1.72. The molecule has 19 heavy (non-hydrogen) atoms. The van der Waals surface area contributed by atoms with Gasteiger partial charge >= 0.3 is 0 Å². The Morgan fingerprint density at radius 3 is 2.05 bits per heavy atom. The first kappa shape index (κ1) is 18.0. The van der Waals surface area contributed by atoms with Crippen molar-refractivity contribution in [2.45, 2.75) is 59.5 Å². The number of hydrogen-bond acceptors (Lipinski definition) is 1. The molecule has 1 N–H and O–H groups in total. The maximum atomic E-state index is 14.1. The zero-order valence-electron chi connectivity index (χ0n) is 12.5. The molecule has 0 bridgehead atoms. The van der Waals surface area contributed by atoms with E-state index in [1.807, 2.05) is 13.8 Å². The highest BCUT2D eigenvalue weighted by atomic mass is 19.2. The monoisotopic (exact) mass is 272 g/mol. The molecule has 0 saturated carbocycles. The molecule has 0 aliphatic heterocycles. The van der Waals surface area contributed by atoms with Gasteiger partial charge in [-0.05, 0) is 56.6 Å². The molecule has 3 heteroatoms. The topological polar surface area (TPSA) is 20.2 Å². The highest BCUT2D eigenvalue weighted by Crippen LogP contribution is 2.31. The summed E-state index contributed by atoms with van der Waals surface area (Å²) in [6.07, 6.45) is 3.61. The molecule has 0 amide bonds. The molecule has 0 radical (unpaired) electrons. The summed E-state index contributed by atoms with van der Waals surface area (Å²) in [4.78, 5) is 0. The number of allylic oxidation sites excluding steroid dienone is 5. The van der Waals surface area contributed by atoms with Gasteiger partial charge in [0.05, 0.1) is 6.10 Å². The molecule has 0 aromatic rings. The predicted molar refractivity (Wildman–Crippen MR) is 77.1 cm³/mol. The molecule has 0 heterocycles. The fraction of sp³-hybridized carbons (Fsp3) is 0.625. The molecule has 0 aliphatic carbocycles. The molecule has 0 spiro atoms. The van der Waals surface area contributed by atoms with Crippen molar-refractivity contribution in [2.24, 2.45) is 5.92 Å². The number of aliphatic hydroxyl groups is 1. The normalized spacial score (nSPS) is 15.5. The maximum Gasteiger partial charge on any atom is 0.162 e. The van der Waals surface area contributed by atoms with Crippen LogP contribution < -0.4 is 0 Å². The van der Waals surface area contributed by atoms with Gasteiger partial charge in [-0.3, -0.25) is 0 Å². The third kappa shape index (κ3) is 5.68. The van der Waals surface area contributed by atoms with Crippen molar-refractivity contribution in [1.29, 1.82) is 0 Å². The van der Waals surface area contributed by atoms with Gasteiger partial charge in [-0.25, -0.2) is 8.78 Å². The minimum atomic E-state index is -0.812.